The first-order valence-corrected chi connectivity index (χ1v) is 6.87. The fourth-order valence-corrected chi connectivity index (χ4v) is 2.56. The maximum absolute atomic E-state index is 12.2. The van der Waals surface area contributed by atoms with Crippen molar-refractivity contribution in [3.63, 3.8) is 0 Å². The van der Waals surface area contributed by atoms with E-state index in [0.29, 0.717) is 19.7 Å². The van der Waals surface area contributed by atoms with E-state index >= 15 is 0 Å². The van der Waals surface area contributed by atoms with Crippen molar-refractivity contribution < 1.29 is 9.53 Å². The van der Waals surface area contributed by atoms with Gasteiger partial charge in [0.15, 0.2) is 0 Å². The van der Waals surface area contributed by atoms with Crippen molar-refractivity contribution in [1.82, 2.24) is 10.2 Å². The van der Waals surface area contributed by atoms with Gasteiger partial charge >= 0.3 is 0 Å². The van der Waals surface area contributed by atoms with E-state index in [9.17, 15) is 4.79 Å². The molecule has 0 radical (unpaired) electrons. The van der Waals surface area contributed by atoms with E-state index in [-0.39, 0.29) is 11.9 Å². The average molecular weight is 262 g/mol. The number of amides is 1. The van der Waals surface area contributed by atoms with Crippen LogP contribution >= 0.6 is 0 Å². The molecular formula is C15H22N2O2. The molecule has 19 heavy (non-hydrogen) atoms. The minimum absolute atomic E-state index is 0.183. The van der Waals surface area contributed by atoms with Gasteiger partial charge in [-0.25, -0.2) is 0 Å². The van der Waals surface area contributed by atoms with Gasteiger partial charge in [0.25, 0.3) is 0 Å². The Kier molecular flexibility index (Phi) is 5.36. The van der Waals surface area contributed by atoms with Gasteiger partial charge in [0.2, 0.25) is 5.91 Å². The summed E-state index contributed by atoms with van der Waals surface area (Å²) in [6.45, 7) is 2.61. The Morgan fingerprint density at radius 1 is 1.42 bits per heavy atom. The molecule has 1 aliphatic rings. The molecule has 1 heterocycles. The van der Waals surface area contributed by atoms with Gasteiger partial charge in [-0.2, -0.15) is 0 Å². The van der Waals surface area contributed by atoms with E-state index in [2.05, 4.69) is 17.4 Å². The zero-order chi connectivity index (χ0) is 13.5. The maximum atomic E-state index is 12.2. The molecule has 104 valence electrons. The predicted molar refractivity (Wildman–Crippen MR) is 74.9 cm³/mol. The summed E-state index contributed by atoms with van der Waals surface area (Å²) in [7, 11) is 1.66. The molecule has 0 bridgehead atoms. The minimum atomic E-state index is 0.183. The van der Waals surface area contributed by atoms with Gasteiger partial charge in [0.05, 0.1) is 19.2 Å². The van der Waals surface area contributed by atoms with Crippen LogP contribution < -0.4 is 5.32 Å². The fraction of sp³-hybridized carbons (Fsp3) is 0.533. The summed E-state index contributed by atoms with van der Waals surface area (Å²) in [5.41, 5.74) is 1.24. The molecule has 4 heteroatoms. The van der Waals surface area contributed by atoms with Gasteiger partial charge in [-0.15, -0.1) is 0 Å². The Morgan fingerprint density at radius 3 is 2.95 bits per heavy atom. The fourth-order valence-electron chi connectivity index (χ4n) is 2.56. The third kappa shape index (κ3) is 3.78. The number of ether oxygens (including phenoxy) is 1. The van der Waals surface area contributed by atoms with E-state index in [1.165, 1.54) is 5.56 Å². The second kappa shape index (κ2) is 7.26. The smallest absolute Gasteiger partial charge is 0.237 e. The van der Waals surface area contributed by atoms with Crippen molar-refractivity contribution >= 4 is 5.91 Å². The molecule has 1 saturated heterocycles. The van der Waals surface area contributed by atoms with Gasteiger partial charge in [0, 0.05) is 20.2 Å². The molecule has 1 aromatic carbocycles. The lowest BCUT2D eigenvalue weighted by Gasteiger charge is -2.25. The minimum Gasteiger partial charge on any atom is -0.383 e. The first kappa shape index (κ1) is 14.0. The Labute approximate surface area is 114 Å². The SMILES string of the molecule is COCCNCC(=O)N1CCCC1c1ccccc1. The lowest BCUT2D eigenvalue weighted by molar-refractivity contribution is -0.131. The van der Waals surface area contributed by atoms with Crippen molar-refractivity contribution in [3.05, 3.63) is 35.9 Å². The normalized spacial score (nSPS) is 18.8. The number of benzene rings is 1. The summed E-state index contributed by atoms with van der Waals surface area (Å²) < 4.78 is 4.95. The topological polar surface area (TPSA) is 41.6 Å². The molecule has 1 fully saturated rings. The quantitative estimate of drug-likeness (QED) is 0.792. The van der Waals surface area contributed by atoms with Crippen LogP contribution in [-0.4, -0.2) is 44.2 Å². The highest BCUT2D eigenvalue weighted by molar-refractivity contribution is 5.79. The molecule has 0 spiro atoms. The zero-order valence-electron chi connectivity index (χ0n) is 11.5. The largest absolute Gasteiger partial charge is 0.383 e. The number of hydrogen-bond donors (Lipinski definition) is 1. The van der Waals surface area contributed by atoms with Crippen LogP contribution in [0.5, 0.6) is 0 Å². The number of carbonyl (C=O) groups is 1. The van der Waals surface area contributed by atoms with E-state index in [1.54, 1.807) is 7.11 Å². The first-order chi connectivity index (χ1) is 9.33. The van der Waals surface area contributed by atoms with Gasteiger partial charge in [-0.1, -0.05) is 30.3 Å². The Balaban J connectivity index is 1.90. The van der Waals surface area contributed by atoms with Gasteiger partial charge in [-0.05, 0) is 18.4 Å². The number of nitrogens with one attached hydrogen (secondary N) is 1. The third-order valence-corrected chi connectivity index (χ3v) is 3.52. The molecule has 1 aromatic rings. The van der Waals surface area contributed by atoms with Crippen LogP contribution in [0.1, 0.15) is 24.4 Å². The van der Waals surface area contributed by atoms with Crippen LogP contribution in [0.3, 0.4) is 0 Å². The van der Waals surface area contributed by atoms with Crippen LogP contribution in [0, 0.1) is 0 Å². The number of carbonyl (C=O) groups excluding carboxylic acids is 1. The van der Waals surface area contributed by atoms with Crippen LogP contribution in [-0.2, 0) is 9.53 Å². The molecule has 2 rings (SSSR count). The maximum Gasteiger partial charge on any atom is 0.237 e. The molecule has 1 unspecified atom stereocenters. The van der Waals surface area contributed by atoms with Crippen LogP contribution in [0.25, 0.3) is 0 Å². The van der Waals surface area contributed by atoms with Gasteiger partial charge in [-0.3, -0.25) is 4.79 Å². The Morgan fingerprint density at radius 2 is 2.21 bits per heavy atom. The summed E-state index contributed by atoms with van der Waals surface area (Å²) in [6, 6.07) is 10.5. The molecule has 0 aromatic heterocycles. The molecule has 0 aliphatic carbocycles. The van der Waals surface area contributed by atoms with Crippen molar-refractivity contribution in [2.24, 2.45) is 0 Å². The molecule has 1 atom stereocenters. The lowest BCUT2D eigenvalue weighted by atomic mass is 10.0. The second-order valence-corrected chi connectivity index (χ2v) is 4.83. The Bertz CT molecular complexity index is 394. The van der Waals surface area contributed by atoms with E-state index < -0.39 is 0 Å². The van der Waals surface area contributed by atoms with E-state index in [0.717, 1.165) is 19.4 Å². The highest BCUT2D eigenvalue weighted by Crippen LogP contribution is 2.31. The van der Waals surface area contributed by atoms with Crippen molar-refractivity contribution in [3.8, 4) is 0 Å². The van der Waals surface area contributed by atoms with Crippen molar-refractivity contribution in [2.75, 3.05) is 33.4 Å². The van der Waals surface area contributed by atoms with Crippen LogP contribution in [0.4, 0.5) is 0 Å². The number of hydrogen-bond acceptors (Lipinski definition) is 3. The van der Waals surface area contributed by atoms with Gasteiger partial charge < -0.3 is 15.0 Å². The molecule has 1 N–H and O–H groups in total. The van der Waals surface area contributed by atoms with E-state index in [1.807, 2.05) is 23.1 Å². The van der Waals surface area contributed by atoms with Gasteiger partial charge in [0.1, 0.15) is 0 Å². The number of methoxy groups -OCH3 is 1. The standard InChI is InChI=1S/C15H22N2O2/c1-19-11-9-16-12-15(18)17-10-5-8-14(17)13-6-3-2-4-7-13/h2-4,6-7,14,16H,5,8-12H2,1H3. The second-order valence-electron chi connectivity index (χ2n) is 4.83. The summed E-state index contributed by atoms with van der Waals surface area (Å²) in [5.74, 6) is 0.183. The molecule has 1 amide bonds. The predicted octanol–water partition coefficient (Wildman–Crippen LogP) is 1.59. The molecule has 1 aliphatic heterocycles. The van der Waals surface area contributed by atoms with Crippen LogP contribution in [0.2, 0.25) is 0 Å². The highest BCUT2D eigenvalue weighted by atomic mass is 16.5. The number of nitrogens with zero attached hydrogens (tertiary/aromatic N) is 1. The number of rotatable bonds is 6. The average Bonchev–Trinajstić information content (AvgIpc) is 2.94. The molecule has 0 saturated carbocycles. The summed E-state index contributed by atoms with van der Waals surface area (Å²) in [5, 5.41) is 3.12. The number of likely N-dealkylation sites (tertiary alicyclic amines) is 1. The summed E-state index contributed by atoms with van der Waals surface area (Å²) in [6.07, 6.45) is 2.15. The molecular weight excluding hydrogens is 240 g/mol. The first-order valence-electron chi connectivity index (χ1n) is 6.87. The zero-order valence-corrected chi connectivity index (χ0v) is 11.5. The van der Waals surface area contributed by atoms with Crippen molar-refractivity contribution in [1.29, 1.82) is 0 Å². The third-order valence-electron chi connectivity index (χ3n) is 3.52. The molecule has 4 nitrogen and oxygen atoms in total. The highest BCUT2D eigenvalue weighted by Gasteiger charge is 2.29. The summed E-state index contributed by atoms with van der Waals surface area (Å²) in [4.78, 5) is 14.2. The Hall–Kier alpha value is -1.39. The monoisotopic (exact) mass is 262 g/mol. The van der Waals surface area contributed by atoms with E-state index in [4.69, 9.17) is 4.74 Å². The van der Waals surface area contributed by atoms with Crippen molar-refractivity contribution in [2.45, 2.75) is 18.9 Å². The summed E-state index contributed by atoms with van der Waals surface area (Å²) >= 11 is 0. The van der Waals surface area contributed by atoms with Crippen LogP contribution in [0.15, 0.2) is 30.3 Å². The lowest BCUT2D eigenvalue weighted by Crippen LogP contribution is -2.38.